The Kier molecular flexibility index (Phi) is 4.31. The van der Waals surface area contributed by atoms with Crippen LogP contribution in [0.1, 0.15) is 34.7 Å². The Hall–Kier alpha value is -2.31. The van der Waals surface area contributed by atoms with E-state index < -0.39 is 23.8 Å². The van der Waals surface area contributed by atoms with Crippen molar-refractivity contribution in [2.75, 3.05) is 0 Å². The van der Waals surface area contributed by atoms with Gasteiger partial charge in [0.15, 0.2) is 0 Å². The molecule has 0 saturated carbocycles. The number of hydrogen-bond donors (Lipinski definition) is 3. The molecule has 19 heavy (non-hydrogen) atoms. The van der Waals surface area contributed by atoms with Crippen molar-refractivity contribution in [3.05, 3.63) is 23.5 Å². The summed E-state index contributed by atoms with van der Waals surface area (Å²) in [5.41, 5.74) is 5.50. The molecule has 0 radical (unpaired) electrons. The molecule has 0 aliphatic carbocycles. The Morgan fingerprint density at radius 2 is 1.95 bits per heavy atom. The smallest absolute Gasteiger partial charge is 0.326 e. The minimum atomic E-state index is -1.10. The number of aliphatic carboxylic acids is 1. The number of amides is 2. The predicted octanol–water partition coefficient (Wildman–Crippen LogP) is -0.0370. The van der Waals surface area contributed by atoms with Gasteiger partial charge >= 0.3 is 5.97 Å². The zero-order valence-corrected chi connectivity index (χ0v) is 11.0. The molecule has 7 nitrogen and oxygen atoms in total. The lowest BCUT2D eigenvalue weighted by Gasteiger charge is -2.17. The molecule has 0 spiro atoms. The van der Waals surface area contributed by atoms with Crippen molar-refractivity contribution in [2.45, 2.75) is 19.9 Å². The summed E-state index contributed by atoms with van der Waals surface area (Å²) in [4.78, 5) is 34.0. The van der Waals surface area contributed by atoms with Crippen LogP contribution in [0.25, 0.3) is 0 Å². The number of carboxylic acids is 1. The number of nitrogens with one attached hydrogen (secondary N) is 1. The zero-order valence-electron chi connectivity index (χ0n) is 11.0. The first kappa shape index (κ1) is 14.7. The van der Waals surface area contributed by atoms with Gasteiger partial charge < -0.3 is 20.7 Å². The maximum atomic E-state index is 12.0. The Balaban J connectivity index is 2.94. The first-order valence-corrected chi connectivity index (χ1v) is 5.74. The molecule has 0 unspecified atom stereocenters. The van der Waals surface area contributed by atoms with Gasteiger partial charge in [-0.25, -0.2) is 4.79 Å². The number of carbonyl (C=O) groups is 3. The SMILES string of the molecule is CC(C)[C@H](NC(=O)c1cc(C(N)=O)cn1C)C(=O)O. The number of nitrogens with two attached hydrogens (primary N) is 1. The highest BCUT2D eigenvalue weighted by molar-refractivity contribution is 5.99. The molecule has 1 heterocycles. The minimum Gasteiger partial charge on any atom is -0.480 e. The van der Waals surface area contributed by atoms with Gasteiger partial charge in [0.25, 0.3) is 5.91 Å². The van der Waals surface area contributed by atoms with Crippen LogP contribution in [0.15, 0.2) is 12.3 Å². The van der Waals surface area contributed by atoms with Crippen molar-refractivity contribution in [3.63, 3.8) is 0 Å². The van der Waals surface area contributed by atoms with E-state index in [1.807, 2.05) is 0 Å². The fourth-order valence-electron chi connectivity index (χ4n) is 1.65. The van der Waals surface area contributed by atoms with Crippen molar-refractivity contribution in [3.8, 4) is 0 Å². The van der Waals surface area contributed by atoms with E-state index in [4.69, 9.17) is 10.8 Å². The lowest BCUT2D eigenvalue weighted by molar-refractivity contribution is -0.140. The van der Waals surface area contributed by atoms with Crippen LogP contribution >= 0.6 is 0 Å². The monoisotopic (exact) mass is 267 g/mol. The maximum Gasteiger partial charge on any atom is 0.326 e. The van der Waals surface area contributed by atoms with Crippen LogP contribution in [0.2, 0.25) is 0 Å². The molecule has 1 aromatic rings. The molecule has 7 heteroatoms. The standard InChI is InChI=1S/C12H17N3O4/c1-6(2)9(12(18)19)14-11(17)8-4-7(10(13)16)5-15(8)3/h4-6,9H,1-3H3,(H2,13,16)(H,14,17)(H,18,19)/t9-/m0/s1. The lowest BCUT2D eigenvalue weighted by Crippen LogP contribution is -2.44. The van der Waals surface area contributed by atoms with Crippen molar-refractivity contribution in [1.82, 2.24) is 9.88 Å². The van der Waals surface area contributed by atoms with Gasteiger partial charge in [-0.3, -0.25) is 9.59 Å². The van der Waals surface area contributed by atoms with Gasteiger partial charge in [-0.1, -0.05) is 13.8 Å². The van der Waals surface area contributed by atoms with Crippen LogP contribution in [0.3, 0.4) is 0 Å². The zero-order chi connectivity index (χ0) is 14.7. The number of hydrogen-bond acceptors (Lipinski definition) is 3. The van der Waals surface area contributed by atoms with E-state index in [2.05, 4.69) is 5.32 Å². The van der Waals surface area contributed by atoms with Gasteiger partial charge in [0.2, 0.25) is 5.91 Å². The number of carbonyl (C=O) groups excluding carboxylic acids is 2. The molecule has 0 bridgehead atoms. The van der Waals surface area contributed by atoms with Crippen molar-refractivity contribution < 1.29 is 19.5 Å². The number of primary amides is 1. The first-order valence-electron chi connectivity index (χ1n) is 5.74. The summed E-state index contributed by atoms with van der Waals surface area (Å²) < 4.78 is 1.43. The fourth-order valence-corrected chi connectivity index (χ4v) is 1.65. The van der Waals surface area contributed by atoms with Gasteiger partial charge in [-0.2, -0.15) is 0 Å². The van der Waals surface area contributed by atoms with Gasteiger partial charge in [0.1, 0.15) is 11.7 Å². The normalized spacial score (nSPS) is 12.2. The summed E-state index contributed by atoms with van der Waals surface area (Å²) in [6.07, 6.45) is 1.42. The molecule has 0 fully saturated rings. The van der Waals surface area contributed by atoms with E-state index in [0.717, 1.165) is 0 Å². The molecule has 1 rings (SSSR count). The largest absolute Gasteiger partial charge is 0.480 e. The summed E-state index contributed by atoms with van der Waals surface area (Å²) in [6, 6.07) is 0.344. The van der Waals surface area contributed by atoms with Gasteiger partial charge in [0, 0.05) is 13.2 Å². The van der Waals surface area contributed by atoms with Crippen molar-refractivity contribution in [2.24, 2.45) is 18.7 Å². The highest BCUT2D eigenvalue weighted by atomic mass is 16.4. The number of rotatable bonds is 5. The van der Waals surface area contributed by atoms with Crippen LogP contribution in [0, 0.1) is 5.92 Å². The average molecular weight is 267 g/mol. The fraction of sp³-hybridized carbons (Fsp3) is 0.417. The molecule has 1 atom stereocenters. The van der Waals surface area contributed by atoms with Crippen LogP contribution in [-0.2, 0) is 11.8 Å². The first-order chi connectivity index (χ1) is 8.73. The average Bonchev–Trinajstić information content (AvgIpc) is 2.67. The van der Waals surface area contributed by atoms with Gasteiger partial charge in [-0.15, -0.1) is 0 Å². The van der Waals surface area contributed by atoms with E-state index in [9.17, 15) is 14.4 Å². The van der Waals surface area contributed by atoms with Gasteiger partial charge in [-0.05, 0) is 12.0 Å². The Morgan fingerprint density at radius 1 is 1.37 bits per heavy atom. The Labute approximate surface area is 110 Å². The number of nitrogens with zero attached hydrogens (tertiary/aromatic N) is 1. The lowest BCUT2D eigenvalue weighted by atomic mass is 10.0. The molecule has 0 aliphatic rings. The molecule has 1 aromatic heterocycles. The Bertz CT molecular complexity index is 519. The van der Waals surface area contributed by atoms with Crippen molar-refractivity contribution >= 4 is 17.8 Å². The minimum absolute atomic E-state index is 0.181. The highest BCUT2D eigenvalue weighted by Gasteiger charge is 2.25. The van der Waals surface area contributed by atoms with Crippen molar-refractivity contribution in [1.29, 1.82) is 0 Å². The second-order valence-corrected chi connectivity index (χ2v) is 4.62. The van der Waals surface area contributed by atoms with Crippen LogP contribution in [0.4, 0.5) is 0 Å². The Morgan fingerprint density at radius 3 is 2.32 bits per heavy atom. The molecule has 104 valence electrons. The summed E-state index contributed by atoms with van der Waals surface area (Å²) >= 11 is 0. The summed E-state index contributed by atoms with van der Waals surface area (Å²) in [7, 11) is 1.58. The van der Waals surface area contributed by atoms with Crippen LogP contribution in [-0.4, -0.2) is 33.5 Å². The molecule has 4 N–H and O–H groups in total. The van der Waals surface area contributed by atoms with E-state index in [-0.39, 0.29) is 17.2 Å². The third-order valence-corrected chi connectivity index (χ3v) is 2.74. The third kappa shape index (κ3) is 3.34. The summed E-state index contributed by atoms with van der Waals surface area (Å²) in [6.45, 7) is 3.39. The van der Waals surface area contributed by atoms with E-state index >= 15 is 0 Å². The van der Waals surface area contributed by atoms with E-state index in [0.29, 0.717) is 0 Å². The molecule has 0 aliphatic heterocycles. The quantitative estimate of drug-likeness (QED) is 0.694. The van der Waals surface area contributed by atoms with Gasteiger partial charge in [0.05, 0.1) is 5.56 Å². The van der Waals surface area contributed by atoms with E-state index in [1.54, 1.807) is 20.9 Å². The number of aryl methyl sites for hydroxylation is 1. The van der Waals surface area contributed by atoms with Crippen LogP contribution in [0.5, 0.6) is 0 Å². The second-order valence-electron chi connectivity index (χ2n) is 4.62. The molecule has 0 aromatic carbocycles. The maximum absolute atomic E-state index is 12.0. The molecular weight excluding hydrogens is 250 g/mol. The summed E-state index contributed by atoms with van der Waals surface area (Å²) in [5.74, 6) is -2.56. The third-order valence-electron chi connectivity index (χ3n) is 2.74. The highest BCUT2D eigenvalue weighted by Crippen LogP contribution is 2.09. The number of aromatic nitrogens is 1. The topological polar surface area (TPSA) is 114 Å². The molecule has 0 saturated heterocycles. The number of carboxylic acid groups (broad SMARTS) is 1. The summed E-state index contributed by atoms with van der Waals surface area (Å²) in [5, 5.41) is 11.4. The van der Waals surface area contributed by atoms with Crippen LogP contribution < -0.4 is 11.1 Å². The molecular formula is C12H17N3O4. The molecule has 2 amide bonds. The van der Waals surface area contributed by atoms with E-state index in [1.165, 1.54) is 16.8 Å². The predicted molar refractivity (Wildman–Crippen MR) is 67.7 cm³/mol. The second kappa shape index (κ2) is 5.55.